The number of carbonyl (C=O) groups excluding carboxylic acids is 2. The van der Waals surface area contributed by atoms with E-state index >= 15 is 0 Å². The molecule has 1 saturated heterocycles. The van der Waals surface area contributed by atoms with Crippen LogP contribution in [0.2, 0.25) is 0 Å². The Bertz CT molecular complexity index is 954. The van der Waals surface area contributed by atoms with Crippen LogP contribution in [0.5, 0.6) is 0 Å². The van der Waals surface area contributed by atoms with E-state index in [4.69, 9.17) is 0 Å². The number of piperidine rings is 1. The van der Waals surface area contributed by atoms with Crippen LogP contribution in [0.1, 0.15) is 29.6 Å². The lowest BCUT2D eigenvalue weighted by Gasteiger charge is -2.34. The minimum Gasteiger partial charge on any atom is -0.323 e. The molecule has 8 nitrogen and oxygen atoms in total. The lowest BCUT2D eigenvalue weighted by atomic mass is 9.97. The second kappa shape index (κ2) is 8.36. The summed E-state index contributed by atoms with van der Waals surface area (Å²) >= 11 is 0. The first-order chi connectivity index (χ1) is 13.8. The number of carbonyl (C=O) groups is 2. The summed E-state index contributed by atoms with van der Waals surface area (Å²) in [5.74, 6) is -1.47. The minimum absolute atomic E-state index is 0.0316. The van der Waals surface area contributed by atoms with Crippen LogP contribution in [0, 0.1) is 5.92 Å². The van der Waals surface area contributed by atoms with Gasteiger partial charge in [0.2, 0.25) is 9.84 Å². The molecule has 0 bridgehead atoms. The molecule has 0 unspecified atom stereocenters. The predicted octanol–water partition coefficient (Wildman–Crippen LogP) is 2.12. The predicted molar refractivity (Wildman–Crippen MR) is 102 cm³/mol. The van der Waals surface area contributed by atoms with Crippen molar-refractivity contribution in [2.75, 3.05) is 19.6 Å². The highest BCUT2D eigenvalue weighted by molar-refractivity contribution is 7.92. The van der Waals surface area contributed by atoms with Gasteiger partial charge in [-0.2, -0.15) is 18.9 Å². The van der Waals surface area contributed by atoms with Crippen molar-refractivity contribution in [2.45, 2.75) is 29.4 Å². The molecule has 156 valence electrons. The summed E-state index contributed by atoms with van der Waals surface area (Å²) in [4.78, 5) is 27.9. The first-order valence-corrected chi connectivity index (χ1v) is 10.5. The van der Waals surface area contributed by atoms with Crippen molar-refractivity contribution in [2.24, 2.45) is 16.0 Å². The molecule has 2 aliphatic heterocycles. The number of halogens is 2. The normalized spacial score (nSPS) is 19.8. The second-order valence-corrected chi connectivity index (χ2v) is 8.78. The fourth-order valence-electron chi connectivity index (χ4n) is 3.31. The highest BCUT2D eigenvalue weighted by Crippen LogP contribution is 2.41. The van der Waals surface area contributed by atoms with Crippen LogP contribution in [0.4, 0.5) is 13.6 Å². The standard InChI is InChI=1S/C18H20F2N4O4S/c19-18(20,29(27,28)16-4-2-1-3-13(16)12-25)14-6-9-24(10-7-14)17(26)23-15-5-8-21-22-11-15/h1-4,11-12,14,21H,5-10H2. The third-order valence-corrected chi connectivity index (χ3v) is 6.97. The monoisotopic (exact) mass is 426 g/mol. The third-order valence-electron chi connectivity index (χ3n) is 4.97. The van der Waals surface area contributed by atoms with Crippen LogP contribution < -0.4 is 5.43 Å². The molecule has 0 saturated carbocycles. The number of urea groups is 1. The summed E-state index contributed by atoms with van der Waals surface area (Å²) in [6.45, 7) is 0.489. The van der Waals surface area contributed by atoms with Gasteiger partial charge in [-0.1, -0.05) is 18.2 Å². The maximum atomic E-state index is 14.9. The molecule has 2 heterocycles. The number of aliphatic imine (C=N–C) groups is 1. The molecule has 1 aromatic carbocycles. The summed E-state index contributed by atoms with van der Waals surface area (Å²) in [6, 6.07) is 4.33. The molecule has 0 spiro atoms. The zero-order chi connectivity index (χ0) is 21.1. The maximum Gasteiger partial charge on any atom is 0.352 e. The zero-order valence-electron chi connectivity index (χ0n) is 15.4. The van der Waals surface area contributed by atoms with Gasteiger partial charge in [0.1, 0.15) is 0 Å². The number of hydrogen-bond donors (Lipinski definition) is 1. The van der Waals surface area contributed by atoms with E-state index in [9.17, 15) is 26.8 Å². The van der Waals surface area contributed by atoms with Gasteiger partial charge in [-0.15, -0.1) is 0 Å². The Kier molecular flexibility index (Phi) is 6.06. The fraction of sp³-hybridized carbons (Fsp3) is 0.444. The van der Waals surface area contributed by atoms with E-state index in [1.54, 1.807) is 0 Å². The third kappa shape index (κ3) is 4.19. The van der Waals surface area contributed by atoms with Crippen LogP contribution in [0.3, 0.4) is 0 Å². The number of nitrogens with zero attached hydrogens (tertiary/aromatic N) is 3. The van der Waals surface area contributed by atoms with Crippen molar-refractivity contribution in [1.82, 2.24) is 10.3 Å². The second-order valence-electron chi connectivity index (χ2n) is 6.78. The van der Waals surface area contributed by atoms with Crippen molar-refractivity contribution in [3.8, 4) is 0 Å². The van der Waals surface area contributed by atoms with Gasteiger partial charge < -0.3 is 10.3 Å². The van der Waals surface area contributed by atoms with E-state index in [1.807, 2.05) is 0 Å². The number of nitrogens with one attached hydrogen (secondary N) is 1. The Balaban J connectivity index is 1.72. The molecule has 1 aromatic rings. The number of alkyl halides is 2. The summed E-state index contributed by atoms with van der Waals surface area (Å²) < 4.78 is 55.0. The number of rotatable bonds is 4. The first-order valence-electron chi connectivity index (χ1n) is 9.06. The lowest BCUT2D eigenvalue weighted by Crippen LogP contribution is -2.46. The summed E-state index contributed by atoms with van der Waals surface area (Å²) in [5.41, 5.74) is 2.92. The number of likely N-dealkylation sites (tertiary alicyclic amines) is 1. The van der Waals surface area contributed by atoms with E-state index in [-0.39, 0.29) is 37.8 Å². The van der Waals surface area contributed by atoms with E-state index in [0.29, 0.717) is 18.7 Å². The van der Waals surface area contributed by atoms with Crippen LogP contribution in [-0.4, -0.2) is 62.5 Å². The molecule has 29 heavy (non-hydrogen) atoms. The molecular weight excluding hydrogens is 406 g/mol. The van der Waals surface area contributed by atoms with Crippen molar-refractivity contribution < 1.29 is 26.8 Å². The molecule has 1 N–H and O–H groups in total. The Morgan fingerprint density at radius 2 is 1.97 bits per heavy atom. The van der Waals surface area contributed by atoms with Gasteiger partial charge in [0.05, 0.1) is 16.8 Å². The molecule has 11 heteroatoms. The Morgan fingerprint density at radius 3 is 2.59 bits per heavy atom. The topological polar surface area (TPSA) is 108 Å². The Morgan fingerprint density at radius 1 is 1.28 bits per heavy atom. The van der Waals surface area contributed by atoms with Gasteiger partial charge in [-0.05, 0) is 18.9 Å². The molecule has 0 aliphatic carbocycles. The van der Waals surface area contributed by atoms with Crippen LogP contribution in [0.15, 0.2) is 39.3 Å². The highest BCUT2D eigenvalue weighted by Gasteiger charge is 2.53. The van der Waals surface area contributed by atoms with Gasteiger partial charge in [0.15, 0.2) is 6.29 Å². The molecule has 0 atom stereocenters. The number of amides is 2. The average Bonchev–Trinajstić information content (AvgIpc) is 2.74. The van der Waals surface area contributed by atoms with Crippen molar-refractivity contribution in [3.05, 3.63) is 29.8 Å². The summed E-state index contributed by atoms with van der Waals surface area (Å²) in [7, 11) is -5.06. The molecule has 1 fully saturated rings. The van der Waals surface area contributed by atoms with Gasteiger partial charge in [-0.3, -0.25) is 4.79 Å². The van der Waals surface area contributed by atoms with Gasteiger partial charge in [0, 0.05) is 37.5 Å². The smallest absolute Gasteiger partial charge is 0.323 e. The van der Waals surface area contributed by atoms with E-state index in [0.717, 1.165) is 6.07 Å². The largest absolute Gasteiger partial charge is 0.352 e. The first kappa shape index (κ1) is 21.0. The van der Waals surface area contributed by atoms with Gasteiger partial charge in [0.25, 0.3) is 0 Å². The van der Waals surface area contributed by atoms with E-state index in [1.165, 1.54) is 29.3 Å². The number of benzene rings is 1. The molecule has 2 amide bonds. The van der Waals surface area contributed by atoms with Crippen LogP contribution >= 0.6 is 0 Å². The minimum atomic E-state index is -5.06. The SMILES string of the molecule is O=Cc1ccccc1S(=O)(=O)C(F)(F)C1CCN(C(=O)N=C2C=NNCC2)CC1. The average molecular weight is 426 g/mol. The molecule has 0 radical (unpaired) electrons. The quantitative estimate of drug-likeness (QED) is 0.742. The van der Waals surface area contributed by atoms with E-state index in [2.05, 4.69) is 15.5 Å². The Hall–Kier alpha value is -2.69. The Labute approximate surface area is 166 Å². The molecule has 3 rings (SSSR count). The van der Waals surface area contributed by atoms with Crippen molar-refractivity contribution >= 4 is 34.1 Å². The maximum absolute atomic E-state index is 14.9. The zero-order valence-corrected chi connectivity index (χ0v) is 16.2. The van der Waals surface area contributed by atoms with Crippen LogP contribution in [0.25, 0.3) is 0 Å². The van der Waals surface area contributed by atoms with Gasteiger partial charge >= 0.3 is 11.3 Å². The van der Waals surface area contributed by atoms with Crippen LogP contribution in [-0.2, 0) is 9.84 Å². The fourth-order valence-corrected chi connectivity index (χ4v) is 4.96. The summed E-state index contributed by atoms with van der Waals surface area (Å²) in [6.07, 6.45) is 1.81. The number of aldehydes is 1. The van der Waals surface area contributed by atoms with Crippen molar-refractivity contribution in [1.29, 1.82) is 0 Å². The number of sulfone groups is 1. The highest BCUT2D eigenvalue weighted by atomic mass is 32.2. The molecule has 0 aromatic heterocycles. The van der Waals surface area contributed by atoms with Gasteiger partial charge in [-0.25, -0.2) is 13.2 Å². The molecule has 2 aliphatic rings. The summed E-state index contributed by atoms with van der Waals surface area (Å²) in [5, 5.41) is -0.257. The lowest BCUT2D eigenvalue weighted by molar-refractivity contribution is 0.000199. The molecular formula is C18H20F2N4O4S. The number of hydrogen-bond acceptors (Lipinski definition) is 6. The van der Waals surface area contributed by atoms with Crippen molar-refractivity contribution in [3.63, 3.8) is 0 Å². The number of hydrazone groups is 1. The van der Waals surface area contributed by atoms with E-state index < -0.39 is 31.9 Å².